The van der Waals surface area contributed by atoms with Crippen LogP contribution in [0, 0.1) is 16.7 Å². The fourth-order valence-electron chi connectivity index (χ4n) is 1.37. The maximum Gasteiger partial charge on any atom is 0.130 e. The van der Waals surface area contributed by atoms with E-state index in [1.165, 1.54) is 0 Å². The van der Waals surface area contributed by atoms with Crippen molar-refractivity contribution in [2.75, 3.05) is 0 Å². The standard InChI is InChI=1S/C10H21NO2/c1-7(2)9(5,11-13)10(6,12)8(3)4/h7-8,12H,1-6H3. The molecule has 0 aliphatic carbocycles. The zero-order chi connectivity index (χ0) is 10.9. The molecule has 0 aromatic heterocycles. The van der Waals surface area contributed by atoms with Crippen LogP contribution in [0.5, 0.6) is 0 Å². The molecule has 0 amide bonds. The number of hydrogen-bond acceptors (Lipinski definition) is 3. The predicted octanol–water partition coefficient (Wildman–Crippen LogP) is 2.57. The summed E-state index contributed by atoms with van der Waals surface area (Å²) >= 11 is 0. The summed E-state index contributed by atoms with van der Waals surface area (Å²) in [6.07, 6.45) is 0. The highest BCUT2D eigenvalue weighted by molar-refractivity contribution is 5.03. The van der Waals surface area contributed by atoms with E-state index in [4.69, 9.17) is 0 Å². The van der Waals surface area contributed by atoms with Gasteiger partial charge < -0.3 is 5.11 Å². The van der Waals surface area contributed by atoms with E-state index in [1.54, 1.807) is 13.8 Å². The Morgan fingerprint density at radius 2 is 1.46 bits per heavy atom. The van der Waals surface area contributed by atoms with Gasteiger partial charge in [-0.1, -0.05) is 32.9 Å². The third-order valence-corrected chi connectivity index (χ3v) is 3.46. The van der Waals surface area contributed by atoms with E-state index < -0.39 is 11.1 Å². The van der Waals surface area contributed by atoms with Crippen LogP contribution in [0.25, 0.3) is 0 Å². The van der Waals surface area contributed by atoms with Crippen molar-refractivity contribution in [3.63, 3.8) is 0 Å². The smallest absolute Gasteiger partial charge is 0.130 e. The number of rotatable bonds is 4. The van der Waals surface area contributed by atoms with Crippen LogP contribution in [0.2, 0.25) is 0 Å². The van der Waals surface area contributed by atoms with Gasteiger partial charge in [-0.15, -0.1) is 0 Å². The molecule has 0 rings (SSSR count). The first-order valence-corrected chi connectivity index (χ1v) is 4.77. The van der Waals surface area contributed by atoms with Crippen molar-refractivity contribution < 1.29 is 5.11 Å². The second-order valence-electron chi connectivity index (χ2n) is 4.70. The largest absolute Gasteiger partial charge is 0.387 e. The molecule has 1 N–H and O–H groups in total. The maximum absolute atomic E-state index is 10.8. The molecule has 0 saturated carbocycles. The molecule has 0 aliphatic rings. The molecule has 0 aromatic carbocycles. The van der Waals surface area contributed by atoms with Gasteiger partial charge in [0, 0.05) is 0 Å². The SMILES string of the molecule is CC(C)C(C)(O)C(C)(N=O)C(C)C. The lowest BCUT2D eigenvalue weighted by molar-refractivity contribution is -0.0678. The van der Waals surface area contributed by atoms with Gasteiger partial charge in [-0.2, -0.15) is 4.91 Å². The molecule has 0 saturated heterocycles. The first kappa shape index (κ1) is 12.6. The topological polar surface area (TPSA) is 49.7 Å². The van der Waals surface area contributed by atoms with E-state index in [-0.39, 0.29) is 11.8 Å². The van der Waals surface area contributed by atoms with Gasteiger partial charge in [-0.3, -0.25) is 0 Å². The molecule has 3 heteroatoms. The average Bonchev–Trinajstić information content (AvgIpc) is 2.01. The molecule has 78 valence electrons. The Morgan fingerprint density at radius 1 is 1.08 bits per heavy atom. The van der Waals surface area contributed by atoms with E-state index >= 15 is 0 Å². The minimum atomic E-state index is -1.05. The van der Waals surface area contributed by atoms with Gasteiger partial charge in [0.25, 0.3) is 0 Å². The number of nitroso groups, excluding NO2 is 1. The van der Waals surface area contributed by atoms with Crippen LogP contribution in [-0.2, 0) is 0 Å². The highest BCUT2D eigenvalue weighted by Gasteiger charge is 2.49. The fourth-order valence-corrected chi connectivity index (χ4v) is 1.37. The molecule has 0 spiro atoms. The van der Waals surface area contributed by atoms with Crippen LogP contribution in [0.3, 0.4) is 0 Å². The van der Waals surface area contributed by atoms with Gasteiger partial charge in [-0.25, -0.2) is 0 Å². The van der Waals surface area contributed by atoms with Crippen molar-refractivity contribution in [1.82, 2.24) is 0 Å². The lowest BCUT2D eigenvalue weighted by atomic mass is 9.70. The normalized spacial score (nSPS) is 21.3. The molecule has 0 fully saturated rings. The zero-order valence-electron chi connectivity index (χ0n) is 9.46. The average molecular weight is 187 g/mol. The second kappa shape index (κ2) is 3.74. The Hall–Kier alpha value is -0.440. The lowest BCUT2D eigenvalue weighted by Crippen LogP contribution is -2.55. The second-order valence-corrected chi connectivity index (χ2v) is 4.70. The van der Waals surface area contributed by atoms with Crippen molar-refractivity contribution in [1.29, 1.82) is 0 Å². The van der Waals surface area contributed by atoms with Crippen molar-refractivity contribution in [2.45, 2.75) is 52.7 Å². The van der Waals surface area contributed by atoms with Crippen LogP contribution in [-0.4, -0.2) is 16.2 Å². The third-order valence-electron chi connectivity index (χ3n) is 3.46. The highest BCUT2D eigenvalue weighted by atomic mass is 16.3. The quantitative estimate of drug-likeness (QED) is 0.688. The molecular formula is C10H21NO2. The summed E-state index contributed by atoms with van der Waals surface area (Å²) < 4.78 is 0. The molecule has 0 heterocycles. The van der Waals surface area contributed by atoms with Gasteiger partial charge in [0.2, 0.25) is 0 Å². The number of aliphatic hydroxyl groups is 1. The zero-order valence-corrected chi connectivity index (χ0v) is 9.46. The first-order chi connectivity index (χ1) is 5.70. The van der Waals surface area contributed by atoms with Crippen molar-refractivity contribution in [2.24, 2.45) is 17.0 Å². The van der Waals surface area contributed by atoms with Crippen LogP contribution in [0.15, 0.2) is 5.18 Å². The Morgan fingerprint density at radius 3 is 1.54 bits per heavy atom. The van der Waals surface area contributed by atoms with Gasteiger partial charge in [0.1, 0.15) is 5.54 Å². The summed E-state index contributed by atoms with van der Waals surface area (Å²) in [5.74, 6) is 0.0417. The molecular weight excluding hydrogens is 166 g/mol. The van der Waals surface area contributed by atoms with Crippen LogP contribution in [0.4, 0.5) is 0 Å². The summed E-state index contributed by atoms with van der Waals surface area (Å²) in [6.45, 7) is 11.0. The van der Waals surface area contributed by atoms with E-state index in [2.05, 4.69) is 5.18 Å². The Balaban J connectivity index is 5.06. The molecule has 0 bridgehead atoms. The molecule has 0 radical (unpaired) electrons. The first-order valence-electron chi connectivity index (χ1n) is 4.77. The predicted molar refractivity (Wildman–Crippen MR) is 54.5 cm³/mol. The summed E-state index contributed by atoms with van der Waals surface area (Å²) in [5.41, 5.74) is -1.97. The lowest BCUT2D eigenvalue weighted by Gasteiger charge is -2.42. The van der Waals surface area contributed by atoms with Gasteiger partial charge >= 0.3 is 0 Å². The monoisotopic (exact) mass is 187 g/mol. The minimum absolute atomic E-state index is 0.0117. The molecule has 2 unspecified atom stereocenters. The summed E-state index contributed by atoms with van der Waals surface area (Å²) in [4.78, 5) is 10.8. The van der Waals surface area contributed by atoms with Gasteiger partial charge in [0.05, 0.1) is 5.60 Å². The van der Waals surface area contributed by atoms with Crippen LogP contribution in [0.1, 0.15) is 41.5 Å². The van der Waals surface area contributed by atoms with Gasteiger partial charge in [0.15, 0.2) is 0 Å². The van der Waals surface area contributed by atoms with Crippen LogP contribution < -0.4 is 0 Å². The third kappa shape index (κ3) is 1.90. The highest BCUT2D eigenvalue weighted by Crippen LogP contribution is 2.38. The molecule has 2 atom stereocenters. The fraction of sp³-hybridized carbons (Fsp3) is 1.00. The Kier molecular flexibility index (Phi) is 3.62. The minimum Gasteiger partial charge on any atom is -0.387 e. The van der Waals surface area contributed by atoms with E-state index in [9.17, 15) is 10.0 Å². The summed E-state index contributed by atoms with van der Waals surface area (Å²) in [6, 6.07) is 0. The Labute approximate surface area is 80.5 Å². The van der Waals surface area contributed by atoms with E-state index in [1.807, 2.05) is 27.7 Å². The van der Waals surface area contributed by atoms with E-state index in [0.29, 0.717) is 0 Å². The summed E-state index contributed by atoms with van der Waals surface area (Å²) in [5, 5.41) is 13.3. The summed E-state index contributed by atoms with van der Waals surface area (Å²) in [7, 11) is 0. The van der Waals surface area contributed by atoms with Crippen molar-refractivity contribution in [3.8, 4) is 0 Å². The van der Waals surface area contributed by atoms with Crippen molar-refractivity contribution >= 4 is 0 Å². The molecule has 0 aliphatic heterocycles. The Bertz CT molecular complexity index is 187. The number of nitrogens with zero attached hydrogens (tertiary/aromatic N) is 1. The van der Waals surface area contributed by atoms with E-state index in [0.717, 1.165) is 0 Å². The van der Waals surface area contributed by atoms with Crippen LogP contribution >= 0.6 is 0 Å². The molecule has 13 heavy (non-hydrogen) atoms. The van der Waals surface area contributed by atoms with Crippen molar-refractivity contribution in [3.05, 3.63) is 4.91 Å². The maximum atomic E-state index is 10.8. The number of hydrogen-bond donors (Lipinski definition) is 1. The molecule has 0 aromatic rings. The molecule has 3 nitrogen and oxygen atoms in total. The van der Waals surface area contributed by atoms with Gasteiger partial charge in [-0.05, 0) is 25.7 Å².